The van der Waals surface area contributed by atoms with Crippen molar-refractivity contribution in [2.75, 3.05) is 0 Å². The van der Waals surface area contributed by atoms with E-state index in [2.05, 4.69) is 4.98 Å². The number of nitrogens with zero attached hydrogens (tertiary/aromatic N) is 1. The molecule has 0 spiro atoms. The highest BCUT2D eigenvalue weighted by molar-refractivity contribution is 5.99. The molecule has 3 atom stereocenters. The topological polar surface area (TPSA) is 91.8 Å². The summed E-state index contributed by atoms with van der Waals surface area (Å²) in [6.45, 7) is 8.15. The van der Waals surface area contributed by atoms with E-state index in [1.807, 2.05) is 13.8 Å². The molecule has 0 bridgehead atoms. The number of carbonyl (C=O) groups is 3. The zero-order chi connectivity index (χ0) is 25.4. The van der Waals surface area contributed by atoms with Gasteiger partial charge in [-0.3, -0.25) is 14.4 Å². The van der Waals surface area contributed by atoms with Crippen molar-refractivity contribution in [3.05, 3.63) is 53.9 Å². The van der Waals surface area contributed by atoms with Crippen LogP contribution in [0.15, 0.2) is 36.5 Å². The van der Waals surface area contributed by atoms with E-state index >= 15 is 0 Å². The summed E-state index contributed by atoms with van der Waals surface area (Å²) < 4.78 is 43.8. The lowest BCUT2D eigenvalue weighted by Crippen LogP contribution is -2.36. The fraction of sp³-hybridized carbons (Fsp3) is 0.440. The Bertz CT molecular complexity index is 1030. The molecular weight excluding hydrogens is 448 g/mol. The number of aromatic nitrogens is 1. The number of ketones is 1. The number of benzene rings is 1. The predicted octanol–water partition coefficient (Wildman–Crippen LogP) is 4.92. The third-order valence-corrected chi connectivity index (χ3v) is 4.88. The third kappa shape index (κ3) is 7.90. The molecule has 0 N–H and O–H groups in total. The molecule has 0 saturated heterocycles. The van der Waals surface area contributed by atoms with Crippen LogP contribution in [0.3, 0.4) is 0 Å². The zero-order valence-corrected chi connectivity index (χ0v) is 19.8. The molecule has 0 aliphatic heterocycles. The van der Waals surface area contributed by atoms with Crippen molar-refractivity contribution in [3.63, 3.8) is 0 Å². The van der Waals surface area contributed by atoms with Gasteiger partial charge in [0.2, 0.25) is 0 Å². The van der Waals surface area contributed by atoms with Gasteiger partial charge >= 0.3 is 11.9 Å². The van der Waals surface area contributed by atoms with Crippen LogP contribution in [0, 0.1) is 23.5 Å². The van der Waals surface area contributed by atoms with E-state index in [-0.39, 0.29) is 29.5 Å². The number of halogens is 2. The van der Waals surface area contributed by atoms with Gasteiger partial charge in [0.25, 0.3) is 0 Å². The standard InChI is InChI=1S/C25H29F2NO6/c1-14(2)11-22(34-23-13-18(26)8-9-19(23)27)16(4)32-25(31)15(3)12-20(30)24-21(33-17(5)29)7-6-10-28-24/h6-10,13-16,22H,11-12H2,1-5H3/t15-,16+,22-/m1/s1. The molecular formula is C25H29F2NO6. The monoisotopic (exact) mass is 477 g/mol. The van der Waals surface area contributed by atoms with Gasteiger partial charge < -0.3 is 14.2 Å². The van der Waals surface area contributed by atoms with Crippen LogP contribution in [0.2, 0.25) is 0 Å². The smallest absolute Gasteiger partial charge is 0.309 e. The number of esters is 2. The second-order valence-corrected chi connectivity index (χ2v) is 8.47. The highest BCUT2D eigenvalue weighted by Gasteiger charge is 2.29. The van der Waals surface area contributed by atoms with Gasteiger partial charge in [-0.2, -0.15) is 0 Å². The van der Waals surface area contributed by atoms with Crippen LogP contribution in [0.25, 0.3) is 0 Å². The summed E-state index contributed by atoms with van der Waals surface area (Å²) in [6.07, 6.45) is 0.0174. The summed E-state index contributed by atoms with van der Waals surface area (Å²) in [6, 6.07) is 5.84. The maximum atomic E-state index is 14.1. The van der Waals surface area contributed by atoms with Gasteiger partial charge in [0.05, 0.1) is 5.92 Å². The minimum Gasteiger partial charge on any atom is -0.483 e. The van der Waals surface area contributed by atoms with Crippen molar-refractivity contribution in [2.24, 2.45) is 11.8 Å². The molecule has 2 rings (SSSR count). The van der Waals surface area contributed by atoms with E-state index in [1.165, 1.54) is 32.2 Å². The van der Waals surface area contributed by atoms with Crippen LogP contribution in [-0.4, -0.2) is 34.9 Å². The fourth-order valence-electron chi connectivity index (χ4n) is 3.20. The van der Waals surface area contributed by atoms with Gasteiger partial charge in [0.1, 0.15) is 23.7 Å². The van der Waals surface area contributed by atoms with E-state index < -0.39 is 47.5 Å². The Morgan fingerprint density at radius 3 is 2.38 bits per heavy atom. The first kappa shape index (κ1) is 26.9. The van der Waals surface area contributed by atoms with Gasteiger partial charge in [-0.25, -0.2) is 13.8 Å². The minimum atomic E-state index is -0.840. The lowest BCUT2D eigenvalue weighted by Gasteiger charge is -2.27. The molecule has 0 aliphatic carbocycles. The Morgan fingerprint density at radius 2 is 1.74 bits per heavy atom. The maximum Gasteiger partial charge on any atom is 0.309 e. The molecule has 1 heterocycles. The van der Waals surface area contributed by atoms with Crippen LogP contribution in [0.4, 0.5) is 8.78 Å². The summed E-state index contributed by atoms with van der Waals surface area (Å²) in [5, 5.41) is 0. The van der Waals surface area contributed by atoms with Crippen molar-refractivity contribution in [1.82, 2.24) is 4.98 Å². The summed E-state index contributed by atoms with van der Waals surface area (Å²) in [5.41, 5.74) is -0.0620. The lowest BCUT2D eigenvalue weighted by molar-refractivity contribution is -0.157. The number of carbonyl (C=O) groups excluding carboxylic acids is 3. The number of hydrogen-bond donors (Lipinski definition) is 0. The van der Waals surface area contributed by atoms with Crippen LogP contribution in [0.1, 0.15) is 57.9 Å². The average molecular weight is 478 g/mol. The Hall–Kier alpha value is -3.36. The predicted molar refractivity (Wildman–Crippen MR) is 119 cm³/mol. The van der Waals surface area contributed by atoms with Crippen molar-refractivity contribution in [2.45, 2.75) is 59.7 Å². The second kappa shape index (κ2) is 12.2. The molecule has 0 fully saturated rings. The molecule has 34 heavy (non-hydrogen) atoms. The van der Waals surface area contributed by atoms with Gasteiger partial charge in [-0.1, -0.05) is 20.8 Å². The molecule has 0 amide bonds. The van der Waals surface area contributed by atoms with Crippen molar-refractivity contribution in [3.8, 4) is 11.5 Å². The highest BCUT2D eigenvalue weighted by atomic mass is 19.1. The largest absolute Gasteiger partial charge is 0.483 e. The first-order valence-electron chi connectivity index (χ1n) is 11.0. The molecule has 184 valence electrons. The van der Waals surface area contributed by atoms with E-state index in [0.717, 1.165) is 18.2 Å². The van der Waals surface area contributed by atoms with Crippen LogP contribution >= 0.6 is 0 Å². The Kier molecular flexibility index (Phi) is 9.65. The van der Waals surface area contributed by atoms with Crippen molar-refractivity contribution < 1.29 is 37.4 Å². The van der Waals surface area contributed by atoms with E-state index in [4.69, 9.17) is 14.2 Å². The molecule has 0 radical (unpaired) electrons. The number of ether oxygens (including phenoxy) is 3. The Morgan fingerprint density at radius 1 is 1.03 bits per heavy atom. The van der Waals surface area contributed by atoms with Gasteiger partial charge in [-0.05, 0) is 43.5 Å². The molecule has 9 heteroatoms. The fourth-order valence-corrected chi connectivity index (χ4v) is 3.20. The number of hydrogen-bond acceptors (Lipinski definition) is 7. The van der Waals surface area contributed by atoms with Crippen LogP contribution in [-0.2, 0) is 14.3 Å². The van der Waals surface area contributed by atoms with E-state index in [9.17, 15) is 23.2 Å². The second-order valence-electron chi connectivity index (χ2n) is 8.47. The number of rotatable bonds is 11. The molecule has 0 saturated carbocycles. The van der Waals surface area contributed by atoms with Gasteiger partial charge in [0, 0.05) is 25.6 Å². The van der Waals surface area contributed by atoms with Gasteiger partial charge in [0.15, 0.2) is 23.1 Å². The van der Waals surface area contributed by atoms with Crippen molar-refractivity contribution in [1.29, 1.82) is 0 Å². The molecule has 1 aromatic heterocycles. The average Bonchev–Trinajstić information content (AvgIpc) is 2.75. The molecule has 0 unspecified atom stereocenters. The number of pyridine rings is 1. The summed E-state index contributed by atoms with van der Waals surface area (Å²) >= 11 is 0. The number of Topliss-reactive ketones (excluding diaryl/α,β-unsaturated/α-hetero) is 1. The Labute approximate surface area is 197 Å². The van der Waals surface area contributed by atoms with E-state index in [0.29, 0.717) is 6.42 Å². The van der Waals surface area contributed by atoms with Crippen LogP contribution < -0.4 is 9.47 Å². The first-order valence-corrected chi connectivity index (χ1v) is 11.0. The Balaban J connectivity index is 2.07. The third-order valence-electron chi connectivity index (χ3n) is 4.88. The molecule has 2 aromatic rings. The SMILES string of the molecule is CC(=O)Oc1cccnc1C(=O)C[C@@H](C)C(=O)O[C@@H](C)[C@@H](CC(C)C)Oc1cc(F)ccc1F. The van der Waals surface area contributed by atoms with E-state index in [1.54, 1.807) is 6.92 Å². The first-order chi connectivity index (χ1) is 16.0. The molecule has 1 aromatic carbocycles. The maximum absolute atomic E-state index is 14.1. The minimum absolute atomic E-state index is 0.0106. The molecule has 0 aliphatic rings. The zero-order valence-electron chi connectivity index (χ0n) is 19.8. The summed E-state index contributed by atoms with van der Waals surface area (Å²) in [4.78, 5) is 40.6. The lowest BCUT2D eigenvalue weighted by atomic mass is 10.0. The van der Waals surface area contributed by atoms with Crippen LogP contribution in [0.5, 0.6) is 11.5 Å². The van der Waals surface area contributed by atoms with Crippen molar-refractivity contribution >= 4 is 17.7 Å². The van der Waals surface area contributed by atoms with Gasteiger partial charge in [-0.15, -0.1) is 0 Å². The summed E-state index contributed by atoms with van der Waals surface area (Å²) in [7, 11) is 0. The summed E-state index contributed by atoms with van der Waals surface area (Å²) in [5.74, 6) is -4.13. The normalized spacial score (nSPS) is 13.6. The molecule has 7 nitrogen and oxygen atoms in total. The highest BCUT2D eigenvalue weighted by Crippen LogP contribution is 2.25. The quantitative estimate of drug-likeness (QED) is 0.335.